The summed E-state index contributed by atoms with van der Waals surface area (Å²) < 4.78 is 1.15. The second kappa shape index (κ2) is 4.98. The molecule has 1 nitrogen and oxygen atoms in total. The van der Waals surface area contributed by atoms with Crippen molar-refractivity contribution in [3.05, 3.63) is 45.0 Å². The molecule has 1 aromatic rings. The first-order valence-corrected chi connectivity index (χ1v) is 5.42. The summed E-state index contributed by atoms with van der Waals surface area (Å²) in [6, 6.07) is 5.81. The van der Waals surface area contributed by atoms with Gasteiger partial charge >= 0.3 is 0 Å². The normalized spacial score (nSPS) is 12.5. The molecule has 1 aromatic carbocycles. The van der Waals surface area contributed by atoms with Crippen LogP contribution in [-0.2, 0) is 0 Å². The molecule has 1 atom stereocenters. The summed E-state index contributed by atoms with van der Waals surface area (Å²) in [7, 11) is 0. The maximum absolute atomic E-state index is 6.01. The molecule has 0 heterocycles. The molecule has 0 fully saturated rings. The molecule has 0 saturated heterocycles. The summed E-state index contributed by atoms with van der Waals surface area (Å²) in [6.07, 6.45) is 2.56. The molecule has 0 aliphatic heterocycles. The number of nitrogens with two attached hydrogens (primary N) is 1. The van der Waals surface area contributed by atoms with Gasteiger partial charge < -0.3 is 5.73 Å². The van der Waals surface area contributed by atoms with Gasteiger partial charge in [-0.25, -0.2) is 0 Å². The van der Waals surface area contributed by atoms with E-state index in [1.165, 1.54) is 0 Å². The SMILES string of the molecule is C=CC[C@@H](N)c1cc(I)ccc1Cl. The van der Waals surface area contributed by atoms with E-state index in [1.807, 2.05) is 18.2 Å². The first-order chi connectivity index (χ1) is 6.15. The Morgan fingerprint density at radius 2 is 2.31 bits per heavy atom. The number of halogens is 2. The minimum atomic E-state index is -0.0419. The molecule has 70 valence electrons. The number of rotatable bonds is 3. The molecule has 2 N–H and O–H groups in total. The van der Waals surface area contributed by atoms with E-state index in [0.29, 0.717) is 0 Å². The van der Waals surface area contributed by atoms with Gasteiger partial charge in [0.25, 0.3) is 0 Å². The molecule has 13 heavy (non-hydrogen) atoms. The molecule has 1 rings (SSSR count). The van der Waals surface area contributed by atoms with E-state index in [4.69, 9.17) is 17.3 Å². The molecule has 0 aliphatic rings. The summed E-state index contributed by atoms with van der Waals surface area (Å²) in [5.41, 5.74) is 6.91. The Kier molecular flexibility index (Phi) is 4.22. The lowest BCUT2D eigenvalue weighted by molar-refractivity contribution is 0.741. The van der Waals surface area contributed by atoms with Crippen LogP contribution in [0.25, 0.3) is 0 Å². The topological polar surface area (TPSA) is 26.0 Å². The van der Waals surface area contributed by atoms with Crippen LogP contribution >= 0.6 is 34.2 Å². The van der Waals surface area contributed by atoms with Crippen LogP contribution < -0.4 is 5.73 Å². The molecule has 0 spiro atoms. The van der Waals surface area contributed by atoms with Crippen molar-refractivity contribution in [1.29, 1.82) is 0 Å². The predicted molar refractivity (Wildman–Crippen MR) is 65.9 cm³/mol. The fourth-order valence-corrected chi connectivity index (χ4v) is 1.88. The predicted octanol–water partition coefficient (Wildman–Crippen LogP) is 3.52. The van der Waals surface area contributed by atoms with Crippen LogP contribution in [0, 0.1) is 3.57 Å². The van der Waals surface area contributed by atoms with Crippen LogP contribution in [0.2, 0.25) is 5.02 Å². The average molecular weight is 308 g/mol. The third kappa shape index (κ3) is 2.97. The van der Waals surface area contributed by atoms with Gasteiger partial charge in [-0.3, -0.25) is 0 Å². The molecule has 0 unspecified atom stereocenters. The highest BCUT2D eigenvalue weighted by molar-refractivity contribution is 14.1. The van der Waals surface area contributed by atoms with Crippen LogP contribution in [0.5, 0.6) is 0 Å². The standard InChI is InChI=1S/C10H11ClIN/c1-2-3-10(13)8-6-7(12)4-5-9(8)11/h2,4-6,10H,1,3,13H2/t10-/m1/s1. The van der Waals surface area contributed by atoms with Gasteiger partial charge in [-0.1, -0.05) is 17.7 Å². The fraction of sp³-hybridized carbons (Fsp3) is 0.200. The van der Waals surface area contributed by atoms with Crippen molar-refractivity contribution in [2.24, 2.45) is 5.73 Å². The second-order valence-electron chi connectivity index (χ2n) is 2.80. The average Bonchev–Trinajstić information content (AvgIpc) is 2.09. The Hall–Kier alpha value is -0.0600. The maximum atomic E-state index is 6.01. The Bertz CT molecular complexity index is 312. The highest BCUT2D eigenvalue weighted by Gasteiger charge is 2.08. The zero-order chi connectivity index (χ0) is 9.84. The zero-order valence-electron chi connectivity index (χ0n) is 7.13. The molecule has 0 bridgehead atoms. The monoisotopic (exact) mass is 307 g/mol. The molecule has 0 amide bonds. The van der Waals surface area contributed by atoms with Crippen molar-refractivity contribution in [3.8, 4) is 0 Å². The van der Waals surface area contributed by atoms with E-state index >= 15 is 0 Å². The van der Waals surface area contributed by atoms with Gasteiger partial charge in [-0.2, -0.15) is 0 Å². The third-order valence-corrected chi connectivity index (χ3v) is 2.79. The van der Waals surface area contributed by atoms with Crippen LogP contribution in [0.4, 0.5) is 0 Å². The van der Waals surface area contributed by atoms with Crippen molar-refractivity contribution in [2.45, 2.75) is 12.5 Å². The largest absolute Gasteiger partial charge is 0.324 e. The molecular formula is C10H11ClIN. The lowest BCUT2D eigenvalue weighted by Crippen LogP contribution is -2.09. The van der Waals surface area contributed by atoms with Gasteiger partial charge in [0.15, 0.2) is 0 Å². The molecule has 0 aliphatic carbocycles. The molecular weight excluding hydrogens is 296 g/mol. The highest BCUT2D eigenvalue weighted by Crippen LogP contribution is 2.25. The molecule has 0 radical (unpaired) electrons. The summed E-state index contributed by atoms with van der Waals surface area (Å²) in [5, 5.41) is 0.731. The van der Waals surface area contributed by atoms with Crippen molar-refractivity contribution >= 4 is 34.2 Å². The lowest BCUT2D eigenvalue weighted by atomic mass is 10.1. The van der Waals surface area contributed by atoms with E-state index in [1.54, 1.807) is 6.08 Å². The van der Waals surface area contributed by atoms with Gasteiger partial charge in [-0.15, -0.1) is 6.58 Å². The van der Waals surface area contributed by atoms with Crippen LogP contribution in [0.15, 0.2) is 30.9 Å². The van der Waals surface area contributed by atoms with Gasteiger partial charge in [0.1, 0.15) is 0 Å². The molecule has 0 saturated carbocycles. The molecule has 0 aromatic heterocycles. The third-order valence-electron chi connectivity index (χ3n) is 1.78. The van der Waals surface area contributed by atoms with E-state index < -0.39 is 0 Å². The van der Waals surface area contributed by atoms with Crippen molar-refractivity contribution in [1.82, 2.24) is 0 Å². The Labute approximate surface area is 97.1 Å². The van der Waals surface area contributed by atoms with Crippen LogP contribution in [0.3, 0.4) is 0 Å². The second-order valence-corrected chi connectivity index (χ2v) is 4.45. The zero-order valence-corrected chi connectivity index (χ0v) is 10.0. The van der Waals surface area contributed by atoms with Crippen molar-refractivity contribution in [2.75, 3.05) is 0 Å². The Balaban J connectivity index is 2.97. The minimum Gasteiger partial charge on any atom is -0.324 e. The van der Waals surface area contributed by atoms with E-state index in [-0.39, 0.29) is 6.04 Å². The minimum absolute atomic E-state index is 0.0419. The summed E-state index contributed by atoms with van der Waals surface area (Å²) in [5.74, 6) is 0. The molecule has 3 heteroatoms. The van der Waals surface area contributed by atoms with Crippen LogP contribution in [-0.4, -0.2) is 0 Å². The smallest absolute Gasteiger partial charge is 0.0454 e. The Morgan fingerprint density at radius 1 is 1.62 bits per heavy atom. The first-order valence-electron chi connectivity index (χ1n) is 3.96. The Morgan fingerprint density at radius 3 is 2.92 bits per heavy atom. The fourth-order valence-electron chi connectivity index (χ4n) is 1.11. The number of hydrogen-bond donors (Lipinski definition) is 1. The van der Waals surface area contributed by atoms with E-state index in [0.717, 1.165) is 20.6 Å². The van der Waals surface area contributed by atoms with Gasteiger partial charge in [0, 0.05) is 14.6 Å². The van der Waals surface area contributed by atoms with Gasteiger partial charge in [0.2, 0.25) is 0 Å². The summed E-state index contributed by atoms with van der Waals surface area (Å²) in [6.45, 7) is 3.65. The van der Waals surface area contributed by atoms with Crippen LogP contribution in [0.1, 0.15) is 18.0 Å². The lowest BCUT2D eigenvalue weighted by Gasteiger charge is -2.11. The van der Waals surface area contributed by atoms with E-state index in [9.17, 15) is 0 Å². The van der Waals surface area contributed by atoms with Crippen molar-refractivity contribution < 1.29 is 0 Å². The summed E-state index contributed by atoms with van der Waals surface area (Å²) >= 11 is 8.25. The maximum Gasteiger partial charge on any atom is 0.0454 e. The number of hydrogen-bond acceptors (Lipinski definition) is 1. The van der Waals surface area contributed by atoms with Crippen molar-refractivity contribution in [3.63, 3.8) is 0 Å². The van der Waals surface area contributed by atoms with Gasteiger partial charge in [0.05, 0.1) is 0 Å². The number of benzene rings is 1. The van der Waals surface area contributed by atoms with Gasteiger partial charge in [-0.05, 0) is 52.8 Å². The quantitative estimate of drug-likeness (QED) is 0.671. The highest BCUT2D eigenvalue weighted by atomic mass is 127. The van der Waals surface area contributed by atoms with E-state index in [2.05, 4.69) is 29.2 Å². The first kappa shape index (κ1) is 11.0. The summed E-state index contributed by atoms with van der Waals surface area (Å²) in [4.78, 5) is 0.